The molecule has 0 saturated carbocycles. The number of benzene rings is 3. The van der Waals surface area contributed by atoms with Gasteiger partial charge in [0.15, 0.2) is 5.11 Å². The van der Waals surface area contributed by atoms with E-state index >= 15 is 0 Å². The van der Waals surface area contributed by atoms with Gasteiger partial charge in [0.05, 0.1) is 6.54 Å². The molecule has 1 heterocycles. The Kier molecular flexibility index (Phi) is 6.90. The molecule has 0 aliphatic heterocycles. The highest BCUT2D eigenvalue weighted by Crippen LogP contribution is 2.20. The second-order valence-electron chi connectivity index (χ2n) is 8.43. The van der Waals surface area contributed by atoms with Gasteiger partial charge in [0.2, 0.25) is 0 Å². The number of nitrogens with one attached hydrogen (secondary N) is 2. The number of fused-ring (bicyclic) bond motifs is 1. The highest BCUT2D eigenvalue weighted by atomic mass is 32.1. The molecule has 3 aromatic carbocycles. The Hall–Kier alpha value is -3.44. The number of H-pyrrole nitrogens is 1. The minimum absolute atomic E-state index is 0.0828. The number of anilines is 1. The van der Waals surface area contributed by atoms with Crippen LogP contribution in [0.1, 0.15) is 34.7 Å². The monoisotopic (exact) mass is 455 g/mol. The van der Waals surface area contributed by atoms with Crippen LogP contribution in [0.25, 0.3) is 10.9 Å². The van der Waals surface area contributed by atoms with Crippen molar-refractivity contribution in [3.63, 3.8) is 0 Å². The van der Waals surface area contributed by atoms with Gasteiger partial charge in [-0.05, 0) is 84.4 Å². The lowest BCUT2D eigenvalue weighted by Gasteiger charge is -2.27. The maximum Gasteiger partial charge on any atom is 0.253 e. The second kappa shape index (κ2) is 10.0. The van der Waals surface area contributed by atoms with E-state index in [0.29, 0.717) is 23.8 Å². The quantitative estimate of drug-likeness (QED) is 0.345. The van der Waals surface area contributed by atoms with Crippen LogP contribution < -0.4 is 10.9 Å². The largest absolute Gasteiger partial charge is 0.340 e. The number of para-hydroxylation sites is 1. The van der Waals surface area contributed by atoms with E-state index in [4.69, 9.17) is 12.2 Å². The van der Waals surface area contributed by atoms with Crippen LogP contribution in [-0.4, -0.2) is 15.0 Å². The molecule has 0 atom stereocenters. The molecular weight excluding hydrogens is 426 g/mol. The molecule has 4 aromatic rings. The molecule has 0 bridgehead atoms. The second-order valence-corrected chi connectivity index (χ2v) is 8.82. The summed E-state index contributed by atoms with van der Waals surface area (Å²) < 4.78 is 0. The molecule has 0 saturated heterocycles. The molecule has 0 spiro atoms. The number of hydrogen-bond acceptors (Lipinski definition) is 2. The van der Waals surface area contributed by atoms with Gasteiger partial charge in [-0.1, -0.05) is 55.5 Å². The molecule has 2 N–H and O–H groups in total. The summed E-state index contributed by atoms with van der Waals surface area (Å²) in [4.78, 5) is 18.1. The average molecular weight is 456 g/mol. The Morgan fingerprint density at radius 1 is 0.909 bits per heavy atom. The number of aromatic amines is 1. The summed E-state index contributed by atoms with van der Waals surface area (Å²) in [5.41, 5.74) is 7.17. The van der Waals surface area contributed by atoms with Crippen LogP contribution in [0.5, 0.6) is 0 Å². The van der Waals surface area contributed by atoms with E-state index in [0.717, 1.165) is 34.1 Å². The van der Waals surface area contributed by atoms with Gasteiger partial charge in [0.25, 0.3) is 5.56 Å². The maximum atomic E-state index is 13.0. The summed E-state index contributed by atoms with van der Waals surface area (Å²) in [6.45, 7) is 7.29. The first-order chi connectivity index (χ1) is 15.9. The predicted octanol–water partition coefficient (Wildman–Crippen LogP) is 6.11. The standard InChI is InChI=1S/C28H29N3OS/c1-4-22-12-8-9-13-25(22)30-28(33)31(17-21-10-6-5-7-11-21)18-24-16-23-14-19(2)20(3)15-26(23)29-27(24)32/h5-16H,4,17-18H2,1-3H3,(H,29,32)(H,30,33). The van der Waals surface area contributed by atoms with Gasteiger partial charge in [0.1, 0.15) is 0 Å². The Morgan fingerprint density at radius 2 is 1.61 bits per heavy atom. The summed E-state index contributed by atoms with van der Waals surface area (Å²) in [6, 6.07) is 24.5. The lowest BCUT2D eigenvalue weighted by atomic mass is 10.0. The number of aryl methyl sites for hydroxylation is 3. The lowest BCUT2D eigenvalue weighted by molar-refractivity contribution is 0.411. The average Bonchev–Trinajstić information content (AvgIpc) is 2.81. The molecule has 1 aromatic heterocycles. The third-order valence-corrected chi connectivity index (χ3v) is 6.40. The van der Waals surface area contributed by atoms with Gasteiger partial charge in [-0.15, -0.1) is 0 Å². The summed E-state index contributed by atoms with van der Waals surface area (Å²) >= 11 is 5.84. The van der Waals surface area contributed by atoms with Gasteiger partial charge >= 0.3 is 0 Å². The maximum absolute atomic E-state index is 13.0. The number of pyridine rings is 1. The zero-order valence-electron chi connectivity index (χ0n) is 19.3. The molecule has 0 amide bonds. The lowest BCUT2D eigenvalue weighted by Crippen LogP contribution is -2.35. The van der Waals surface area contributed by atoms with Crippen molar-refractivity contribution in [2.75, 3.05) is 5.32 Å². The van der Waals surface area contributed by atoms with Crippen LogP contribution >= 0.6 is 12.2 Å². The molecule has 0 radical (unpaired) electrons. The van der Waals surface area contributed by atoms with E-state index in [1.807, 2.05) is 48.5 Å². The molecule has 4 nitrogen and oxygen atoms in total. The Labute approximate surface area is 200 Å². The SMILES string of the molecule is CCc1ccccc1NC(=S)N(Cc1ccccc1)Cc1cc2cc(C)c(C)cc2[nH]c1=O. The first kappa shape index (κ1) is 22.7. The molecule has 0 unspecified atom stereocenters. The number of nitrogens with zero attached hydrogens (tertiary/aromatic N) is 1. The van der Waals surface area contributed by atoms with Gasteiger partial charge in [-0.2, -0.15) is 0 Å². The fraction of sp³-hybridized carbons (Fsp3) is 0.214. The summed E-state index contributed by atoms with van der Waals surface area (Å²) in [7, 11) is 0. The van der Waals surface area contributed by atoms with Crippen LogP contribution in [0.2, 0.25) is 0 Å². The number of aromatic nitrogens is 1. The van der Waals surface area contributed by atoms with Crippen LogP contribution in [0.4, 0.5) is 5.69 Å². The van der Waals surface area contributed by atoms with E-state index in [9.17, 15) is 4.79 Å². The summed E-state index contributed by atoms with van der Waals surface area (Å²) in [5.74, 6) is 0. The highest BCUT2D eigenvalue weighted by molar-refractivity contribution is 7.80. The number of thiocarbonyl (C=S) groups is 1. The van der Waals surface area contributed by atoms with Crippen molar-refractivity contribution in [2.45, 2.75) is 40.3 Å². The van der Waals surface area contributed by atoms with Crippen molar-refractivity contribution in [1.82, 2.24) is 9.88 Å². The van der Waals surface area contributed by atoms with Crippen LogP contribution in [0.3, 0.4) is 0 Å². The fourth-order valence-electron chi connectivity index (χ4n) is 3.99. The highest BCUT2D eigenvalue weighted by Gasteiger charge is 2.15. The van der Waals surface area contributed by atoms with Crippen LogP contribution in [0, 0.1) is 13.8 Å². The van der Waals surface area contributed by atoms with E-state index in [2.05, 4.69) is 60.2 Å². The third-order valence-electron chi connectivity index (χ3n) is 6.04. The van der Waals surface area contributed by atoms with Crippen LogP contribution in [-0.2, 0) is 19.5 Å². The number of hydrogen-bond donors (Lipinski definition) is 2. The topological polar surface area (TPSA) is 48.1 Å². The van der Waals surface area contributed by atoms with Gasteiger partial charge in [-0.25, -0.2) is 0 Å². The molecule has 33 heavy (non-hydrogen) atoms. The minimum atomic E-state index is -0.0828. The summed E-state index contributed by atoms with van der Waals surface area (Å²) in [6.07, 6.45) is 0.910. The Bertz CT molecular complexity index is 1340. The first-order valence-corrected chi connectivity index (χ1v) is 11.7. The molecule has 0 fully saturated rings. The Balaban J connectivity index is 1.67. The fourth-order valence-corrected chi connectivity index (χ4v) is 4.23. The van der Waals surface area contributed by atoms with E-state index < -0.39 is 0 Å². The third kappa shape index (κ3) is 5.32. The Morgan fingerprint density at radius 3 is 2.36 bits per heavy atom. The van der Waals surface area contributed by atoms with Crippen molar-refractivity contribution in [1.29, 1.82) is 0 Å². The van der Waals surface area contributed by atoms with Crippen molar-refractivity contribution < 1.29 is 0 Å². The normalized spacial score (nSPS) is 10.9. The van der Waals surface area contributed by atoms with Crippen LogP contribution in [0.15, 0.2) is 77.6 Å². The first-order valence-electron chi connectivity index (χ1n) is 11.3. The van der Waals surface area contributed by atoms with Crippen molar-refractivity contribution in [3.8, 4) is 0 Å². The predicted molar refractivity (Wildman–Crippen MR) is 142 cm³/mol. The van der Waals surface area contributed by atoms with Crippen molar-refractivity contribution in [3.05, 3.63) is 111 Å². The molecule has 0 aliphatic carbocycles. The van der Waals surface area contributed by atoms with Gasteiger partial charge in [0, 0.05) is 23.3 Å². The molecule has 0 aliphatic rings. The van der Waals surface area contributed by atoms with Gasteiger partial charge in [-0.3, -0.25) is 4.79 Å². The molecular formula is C28H29N3OS. The molecule has 168 valence electrons. The van der Waals surface area contributed by atoms with E-state index in [1.54, 1.807) is 0 Å². The van der Waals surface area contributed by atoms with Gasteiger partial charge < -0.3 is 15.2 Å². The number of rotatable bonds is 6. The minimum Gasteiger partial charge on any atom is -0.340 e. The van der Waals surface area contributed by atoms with E-state index in [1.165, 1.54) is 11.1 Å². The van der Waals surface area contributed by atoms with Crippen molar-refractivity contribution in [2.24, 2.45) is 0 Å². The van der Waals surface area contributed by atoms with E-state index in [-0.39, 0.29) is 5.56 Å². The zero-order valence-corrected chi connectivity index (χ0v) is 20.1. The zero-order chi connectivity index (χ0) is 23.4. The molecule has 4 rings (SSSR count). The summed E-state index contributed by atoms with van der Waals surface area (Å²) in [5, 5.41) is 5.05. The van der Waals surface area contributed by atoms with Crippen molar-refractivity contribution >= 4 is 33.9 Å². The molecule has 5 heteroatoms. The smallest absolute Gasteiger partial charge is 0.253 e.